The lowest BCUT2D eigenvalue weighted by molar-refractivity contribution is -0.0258. The van der Waals surface area contributed by atoms with Gasteiger partial charge in [-0.1, -0.05) is 37.3 Å². The zero-order chi connectivity index (χ0) is 23.6. The van der Waals surface area contributed by atoms with E-state index >= 15 is 0 Å². The molecule has 3 aromatic rings. The molecule has 3 aliphatic rings. The highest BCUT2D eigenvalue weighted by molar-refractivity contribution is 5.88. The minimum Gasteiger partial charge on any atom is -0.506 e. The van der Waals surface area contributed by atoms with Crippen LogP contribution < -0.4 is 9.64 Å². The Morgan fingerprint density at radius 2 is 1.79 bits per heavy atom. The molecule has 4 heteroatoms. The Morgan fingerprint density at radius 3 is 2.56 bits per heavy atom. The van der Waals surface area contributed by atoms with Crippen LogP contribution in [0.3, 0.4) is 0 Å². The fourth-order valence-electron chi connectivity index (χ4n) is 7.72. The first-order valence-corrected chi connectivity index (χ1v) is 12.7. The number of nitrogens with zero attached hydrogens (tertiary/aromatic N) is 1. The molecule has 178 valence electrons. The van der Waals surface area contributed by atoms with Gasteiger partial charge in [0.25, 0.3) is 0 Å². The van der Waals surface area contributed by atoms with Crippen LogP contribution in [-0.4, -0.2) is 36.5 Å². The van der Waals surface area contributed by atoms with E-state index in [9.17, 15) is 10.2 Å². The van der Waals surface area contributed by atoms with Crippen molar-refractivity contribution in [2.45, 2.75) is 57.1 Å². The SMILES string of the molecule is COc1ccc2c(c1)CC[C@@H]1[C@@H]2CC[C@]2(C)[C@@H](O)[C@H](N(C)c3cc4ccccc4cc3O)C[C@@H]12. The van der Waals surface area contributed by atoms with Crippen molar-refractivity contribution in [3.63, 3.8) is 0 Å². The van der Waals surface area contributed by atoms with E-state index in [1.165, 1.54) is 17.5 Å². The molecular weight excluding hydrogens is 422 g/mol. The van der Waals surface area contributed by atoms with Crippen molar-refractivity contribution in [2.24, 2.45) is 17.3 Å². The van der Waals surface area contributed by atoms with Gasteiger partial charge in [-0.2, -0.15) is 0 Å². The number of phenolic OH excluding ortho intramolecular Hbond substituents is 1. The molecule has 34 heavy (non-hydrogen) atoms. The molecule has 0 heterocycles. The highest BCUT2D eigenvalue weighted by Crippen LogP contribution is 2.62. The quantitative estimate of drug-likeness (QED) is 0.515. The van der Waals surface area contributed by atoms with Gasteiger partial charge in [-0.25, -0.2) is 0 Å². The van der Waals surface area contributed by atoms with Crippen LogP contribution in [0.2, 0.25) is 0 Å². The summed E-state index contributed by atoms with van der Waals surface area (Å²) in [6.07, 6.45) is 4.99. The average molecular weight is 458 g/mol. The molecule has 0 unspecified atom stereocenters. The molecule has 0 amide bonds. The van der Waals surface area contributed by atoms with Gasteiger partial charge in [0.1, 0.15) is 11.5 Å². The van der Waals surface area contributed by atoms with E-state index in [-0.39, 0.29) is 17.2 Å². The zero-order valence-electron chi connectivity index (χ0n) is 20.4. The van der Waals surface area contributed by atoms with Gasteiger partial charge >= 0.3 is 0 Å². The van der Waals surface area contributed by atoms with Crippen molar-refractivity contribution in [3.05, 3.63) is 65.7 Å². The van der Waals surface area contributed by atoms with E-state index in [1.807, 2.05) is 31.3 Å². The Bertz CT molecular complexity index is 1240. The number of hydrogen-bond acceptors (Lipinski definition) is 4. The minimum absolute atomic E-state index is 0.00178. The van der Waals surface area contributed by atoms with Gasteiger partial charge in [0.2, 0.25) is 0 Å². The number of phenols is 1. The first kappa shape index (κ1) is 21.8. The summed E-state index contributed by atoms with van der Waals surface area (Å²) in [6, 6.07) is 18.7. The van der Waals surface area contributed by atoms with Crippen LogP contribution in [-0.2, 0) is 6.42 Å². The second-order valence-electron chi connectivity index (χ2n) is 11.1. The Balaban J connectivity index is 1.31. The number of aromatic hydroxyl groups is 1. The summed E-state index contributed by atoms with van der Waals surface area (Å²) in [5.41, 5.74) is 3.66. The Hall–Kier alpha value is -2.72. The van der Waals surface area contributed by atoms with Gasteiger partial charge < -0.3 is 19.8 Å². The summed E-state index contributed by atoms with van der Waals surface area (Å²) in [7, 11) is 3.78. The number of aryl methyl sites for hydroxylation is 1. The van der Waals surface area contributed by atoms with E-state index in [4.69, 9.17) is 4.74 Å². The number of aliphatic hydroxyl groups excluding tert-OH is 1. The lowest BCUT2D eigenvalue weighted by Crippen LogP contribution is -2.47. The maximum atomic E-state index is 11.7. The van der Waals surface area contributed by atoms with Crippen molar-refractivity contribution in [3.8, 4) is 11.5 Å². The molecule has 4 nitrogen and oxygen atoms in total. The molecule has 0 aliphatic heterocycles. The number of rotatable bonds is 3. The number of methoxy groups -OCH3 is 1. The molecule has 0 aromatic heterocycles. The van der Waals surface area contributed by atoms with Gasteiger partial charge in [0.05, 0.1) is 24.9 Å². The van der Waals surface area contributed by atoms with Gasteiger partial charge in [-0.05, 0) is 101 Å². The number of ether oxygens (including phenoxy) is 1. The van der Waals surface area contributed by atoms with Crippen molar-refractivity contribution in [1.82, 2.24) is 0 Å². The van der Waals surface area contributed by atoms with E-state index in [2.05, 4.69) is 42.2 Å². The number of fused-ring (bicyclic) bond motifs is 6. The summed E-state index contributed by atoms with van der Waals surface area (Å²) in [5.74, 6) is 2.88. The third-order valence-corrected chi connectivity index (χ3v) is 9.63. The molecule has 2 N–H and O–H groups in total. The van der Waals surface area contributed by atoms with E-state index < -0.39 is 6.10 Å². The van der Waals surface area contributed by atoms with Gasteiger partial charge in [-0.15, -0.1) is 0 Å². The third-order valence-electron chi connectivity index (χ3n) is 9.63. The summed E-state index contributed by atoms with van der Waals surface area (Å²) in [5, 5.41) is 24.7. The Morgan fingerprint density at radius 1 is 1.03 bits per heavy atom. The summed E-state index contributed by atoms with van der Waals surface area (Å²) < 4.78 is 5.48. The fraction of sp³-hybridized carbons (Fsp3) is 0.467. The topological polar surface area (TPSA) is 52.9 Å². The number of hydrogen-bond donors (Lipinski definition) is 2. The van der Waals surface area contributed by atoms with E-state index in [0.29, 0.717) is 17.8 Å². The molecule has 0 spiro atoms. The molecule has 0 bridgehead atoms. The van der Waals surface area contributed by atoms with Crippen LogP contribution >= 0.6 is 0 Å². The third kappa shape index (κ3) is 3.15. The first-order valence-electron chi connectivity index (χ1n) is 12.7. The second-order valence-corrected chi connectivity index (χ2v) is 11.1. The maximum absolute atomic E-state index is 11.7. The van der Waals surface area contributed by atoms with Crippen LogP contribution in [0.25, 0.3) is 10.8 Å². The van der Waals surface area contributed by atoms with Crippen molar-refractivity contribution in [2.75, 3.05) is 19.1 Å². The van der Waals surface area contributed by atoms with E-state index in [1.54, 1.807) is 7.11 Å². The Labute approximate surface area is 202 Å². The number of aliphatic hydroxyl groups is 1. The predicted molar refractivity (Wildman–Crippen MR) is 137 cm³/mol. The highest BCUT2D eigenvalue weighted by Gasteiger charge is 2.58. The molecule has 6 rings (SSSR count). The zero-order valence-corrected chi connectivity index (χ0v) is 20.4. The lowest BCUT2D eigenvalue weighted by atomic mass is 9.55. The van der Waals surface area contributed by atoms with Crippen LogP contribution in [0.15, 0.2) is 54.6 Å². The van der Waals surface area contributed by atoms with Crippen molar-refractivity contribution < 1.29 is 14.9 Å². The predicted octanol–water partition coefficient (Wildman–Crippen LogP) is 5.89. The number of anilines is 1. The number of benzene rings is 3. The monoisotopic (exact) mass is 457 g/mol. The normalized spacial score (nSPS) is 32.1. The average Bonchev–Trinajstić information content (AvgIpc) is 3.13. The van der Waals surface area contributed by atoms with Crippen molar-refractivity contribution >= 4 is 16.5 Å². The maximum Gasteiger partial charge on any atom is 0.139 e. The number of likely N-dealkylation sites (N-methyl/N-ethyl adjacent to an activating group) is 1. The summed E-state index contributed by atoms with van der Waals surface area (Å²) >= 11 is 0. The van der Waals surface area contributed by atoms with Crippen LogP contribution in [0, 0.1) is 17.3 Å². The van der Waals surface area contributed by atoms with Gasteiger partial charge in [-0.3, -0.25) is 0 Å². The van der Waals surface area contributed by atoms with Crippen LogP contribution in [0.5, 0.6) is 11.5 Å². The van der Waals surface area contributed by atoms with Crippen LogP contribution in [0.4, 0.5) is 5.69 Å². The highest BCUT2D eigenvalue weighted by atomic mass is 16.5. The smallest absolute Gasteiger partial charge is 0.139 e. The molecular formula is C30H35NO3. The molecule has 3 aliphatic carbocycles. The first-order chi connectivity index (χ1) is 16.4. The van der Waals surface area contributed by atoms with Gasteiger partial charge in [0.15, 0.2) is 0 Å². The summed E-state index contributed by atoms with van der Waals surface area (Å²) in [4.78, 5) is 2.15. The van der Waals surface area contributed by atoms with Crippen molar-refractivity contribution in [1.29, 1.82) is 0 Å². The lowest BCUT2D eigenvalue weighted by Gasteiger charge is -2.50. The van der Waals surface area contributed by atoms with Crippen LogP contribution in [0.1, 0.15) is 49.7 Å². The molecule has 0 saturated heterocycles. The summed E-state index contributed by atoms with van der Waals surface area (Å²) in [6.45, 7) is 2.32. The second kappa shape index (κ2) is 7.91. The molecule has 2 fully saturated rings. The largest absolute Gasteiger partial charge is 0.506 e. The van der Waals surface area contributed by atoms with Gasteiger partial charge in [0, 0.05) is 7.05 Å². The molecule has 6 atom stereocenters. The molecule has 2 saturated carbocycles. The minimum atomic E-state index is -0.411. The molecule has 3 aromatic carbocycles. The fourth-order valence-corrected chi connectivity index (χ4v) is 7.72. The van der Waals surface area contributed by atoms with E-state index in [0.717, 1.165) is 47.9 Å². The standard InChI is InChI=1S/C30H35NO3/c1-30-13-12-23-22-11-9-21(34-3)14-20(22)8-10-24(23)25(30)17-27(29(30)33)31(2)26-15-18-6-4-5-7-19(18)16-28(26)32/h4-7,9,11,14-16,23-25,27,29,32-33H,8,10,12-13,17H2,1-3H3/t23-,24-,25+,27-,29+,30+/m1/s1. The molecule has 0 radical (unpaired) electrons. The Kier molecular flexibility index (Phi) is 5.07.